The van der Waals surface area contributed by atoms with Crippen LogP contribution in [0.1, 0.15) is 57.4 Å². The Balaban J connectivity index is 2.27. The molecule has 98 valence electrons. The summed E-state index contributed by atoms with van der Waals surface area (Å²) in [6, 6.07) is 0. The van der Waals surface area contributed by atoms with Crippen LogP contribution in [0.15, 0.2) is 11.0 Å². The number of anilines is 1. The molecule has 0 aliphatic heterocycles. The van der Waals surface area contributed by atoms with Gasteiger partial charge >= 0.3 is 5.69 Å². The fourth-order valence-corrected chi connectivity index (χ4v) is 1.66. The van der Waals surface area contributed by atoms with Gasteiger partial charge in [0.2, 0.25) is 0 Å². The Kier molecular flexibility index (Phi) is 6.63. The van der Waals surface area contributed by atoms with E-state index in [1.54, 1.807) is 0 Å². The van der Waals surface area contributed by atoms with Crippen LogP contribution >= 0.6 is 0 Å². The van der Waals surface area contributed by atoms with Crippen molar-refractivity contribution in [1.29, 1.82) is 0 Å². The Morgan fingerprint density at radius 2 is 2.00 bits per heavy atom. The van der Waals surface area contributed by atoms with Crippen LogP contribution in [0.4, 0.5) is 5.82 Å². The molecule has 0 radical (unpaired) electrons. The van der Waals surface area contributed by atoms with Crippen LogP contribution in [0, 0.1) is 11.8 Å². The van der Waals surface area contributed by atoms with Crippen LogP contribution in [0.25, 0.3) is 0 Å². The highest BCUT2D eigenvalue weighted by Gasteiger charge is 1.95. The van der Waals surface area contributed by atoms with Crippen molar-refractivity contribution in [3.05, 3.63) is 22.2 Å². The van der Waals surface area contributed by atoms with Gasteiger partial charge in [0.25, 0.3) is 0 Å². The van der Waals surface area contributed by atoms with Gasteiger partial charge in [-0.05, 0) is 6.42 Å². The van der Waals surface area contributed by atoms with Gasteiger partial charge in [-0.25, -0.2) is 9.78 Å². The minimum atomic E-state index is -0.436. The van der Waals surface area contributed by atoms with Crippen LogP contribution in [-0.2, 0) is 0 Å². The molecule has 0 aliphatic rings. The fourth-order valence-electron chi connectivity index (χ4n) is 1.66. The zero-order chi connectivity index (χ0) is 13.2. The van der Waals surface area contributed by atoms with Crippen molar-refractivity contribution in [2.45, 2.75) is 51.9 Å². The van der Waals surface area contributed by atoms with Crippen LogP contribution in [0.5, 0.6) is 0 Å². The molecule has 0 fully saturated rings. The largest absolute Gasteiger partial charge is 0.384 e. The molecule has 0 spiro atoms. The monoisotopic (exact) mass is 247 g/mol. The van der Waals surface area contributed by atoms with Gasteiger partial charge in [0, 0.05) is 6.42 Å². The lowest BCUT2D eigenvalue weighted by Crippen LogP contribution is -2.12. The molecule has 1 aromatic rings. The van der Waals surface area contributed by atoms with Gasteiger partial charge in [0.15, 0.2) is 0 Å². The summed E-state index contributed by atoms with van der Waals surface area (Å²) in [5, 5.41) is 0. The third kappa shape index (κ3) is 5.53. The molecular formula is C14H21N3O. The lowest BCUT2D eigenvalue weighted by molar-refractivity contribution is 0.614. The lowest BCUT2D eigenvalue weighted by atomic mass is 10.1. The third-order valence-electron chi connectivity index (χ3n) is 2.72. The van der Waals surface area contributed by atoms with Gasteiger partial charge in [-0.3, -0.25) is 4.98 Å². The first-order chi connectivity index (χ1) is 8.74. The molecule has 0 saturated carbocycles. The van der Waals surface area contributed by atoms with E-state index in [-0.39, 0.29) is 0 Å². The number of nitrogens with one attached hydrogen (secondary N) is 1. The highest BCUT2D eigenvalue weighted by molar-refractivity contribution is 5.48. The summed E-state index contributed by atoms with van der Waals surface area (Å²) < 4.78 is 0. The number of rotatable bonds is 6. The number of H-pyrrole nitrogens is 1. The smallest absolute Gasteiger partial charge is 0.346 e. The molecule has 1 heterocycles. The summed E-state index contributed by atoms with van der Waals surface area (Å²) >= 11 is 0. The molecule has 4 nitrogen and oxygen atoms in total. The van der Waals surface area contributed by atoms with Crippen molar-refractivity contribution < 1.29 is 0 Å². The van der Waals surface area contributed by atoms with E-state index < -0.39 is 5.69 Å². The van der Waals surface area contributed by atoms with E-state index in [1.165, 1.54) is 38.3 Å². The first-order valence-corrected chi connectivity index (χ1v) is 6.57. The van der Waals surface area contributed by atoms with E-state index in [0.29, 0.717) is 11.4 Å². The van der Waals surface area contributed by atoms with Crippen molar-refractivity contribution in [2.24, 2.45) is 0 Å². The van der Waals surface area contributed by atoms with E-state index in [0.717, 1.165) is 12.8 Å². The second-order valence-electron chi connectivity index (χ2n) is 4.34. The second-order valence-corrected chi connectivity index (χ2v) is 4.34. The first kappa shape index (κ1) is 14.3. The van der Waals surface area contributed by atoms with Gasteiger partial charge in [0.1, 0.15) is 5.82 Å². The Labute approximate surface area is 108 Å². The molecule has 0 unspecified atom stereocenters. The van der Waals surface area contributed by atoms with Crippen LogP contribution in [-0.4, -0.2) is 9.97 Å². The van der Waals surface area contributed by atoms with Crippen LogP contribution in [0.3, 0.4) is 0 Å². The zero-order valence-corrected chi connectivity index (χ0v) is 11.0. The maximum absolute atomic E-state index is 10.8. The highest BCUT2D eigenvalue weighted by atomic mass is 16.1. The minimum Gasteiger partial charge on any atom is -0.384 e. The summed E-state index contributed by atoms with van der Waals surface area (Å²) in [5.41, 5.74) is 5.78. The quantitative estimate of drug-likeness (QED) is 0.599. The minimum absolute atomic E-state index is 0.297. The molecule has 4 heteroatoms. The second kappa shape index (κ2) is 8.35. The number of unbranched alkanes of at least 4 members (excludes halogenated alkanes) is 6. The standard InChI is InChI=1S/C14H21N3O/c1-2-3-4-5-6-7-8-9-10-12-11-16-14(18)17-13(12)15/h11H,2-8H2,1H3,(H3,15,16,17,18). The summed E-state index contributed by atoms with van der Waals surface area (Å²) in [7, 11) is 0. The van der Waals surface area contributed by atoms with E-state index in [2.05, 4.69) is 28.7 Å². The zero-order valence-electron chi connectivity index (χ0n) is 11.0. The van der Waals surface area contributed by atoms with Gasteiger partial charge < -0.3 is 5.73 Å². The summed E-state index contributed by atoms with van der Waals surface area (Å²) in [5.74, 6) is 6.29. The first-order valence-electron chi connectivity index (χ1n) is 6.57. The van der Waals surface area contributed by atoms with Crippen molar-refractivity contribution in [3.63, 3.8) is 0 Å². The number of hydrogen-bond acceptors (Lipinski definition) is 3. The van der Waals surface area contributed by atoms with Crippen LogP contribution < -0.4 is 11.4 Å². The van der Waals surface area contributed by atoms with Crippen molar-refractivity contribution in [1.82, 2.24) is 9.97 Å². The van der Waals surface area contributed by atoms with E-state index in [1.807, 2.05) is 0 Å². The van der Waals surface area contributed by atoms with E-state index in [4.69, 9.17) is 5.73 Å². The molecular weight excluding hydrogens is 226 g/mol. The lowest BCUT2D eigenvalue weighted by Gasteiger charge is -1.97. The number of aromatic amines is 1. The number of hydrogen-bond donors (Lipinski definition) is 2. The molecule has 1 rings (SSSR count). The topological polar surface area (TPSA) is 71.8 Å². The van der Waals surface area contributed by atoms with Gasteiger partial charge in [-0.1, -0.05) is 50.9 Å². The highest BCUT2D eigenvalue weighted by Crippen LogP contribution is 2.06. The number of nitrogens with zero attached hydrogens (tertiary/aromatic N) is 1. The molecule has 1 aromatic heterocycles. The summed E-state index contributed by atoms with van der Waals surface area (Å²) in [6.07, 6.45) is 9.84. The molecule has 3 N–H and O–H groups in total. The van der Waals surface area contributed by atoms with Crippen LogP contribution in [0.2, 0.25) is 0 Å². The van der Waals surface area contributed by atoms with Crippen molar-refractivity contribution in [2.75, 3.05) is 5.73 Å². The Bertz CT molecular complexity index is 468. The average Bonchev–Trinajstić information content (AvgIpc) is 2.35. The summed E-state index contributed by atoms with van der Waals surface area (Å²) in [6.45, 7) is 2.22. The molecule has 0 amide bonds. The Morgan fingerprint density at radius 3 is 2.72 bits per heavy atom. The summed E-state index contributed by atoms with van der Waals surface area (Å²) in [4.78, 5) is 16.9. The predicted molar refractivity (Wildman–Crippen MR) is 74.1 cm³/mol. The van der Waals surface area contributed by atoms with E-state index in [9.17, 15) is 4.79 Å². The maximum atomic E-state index is 10.8. The van der Waals surface area contributed by atoms with Gasteiger partial charge in [0.05, 0.1) is 11.8 Å². The molecule has 0 atom stereocenters. The molecule has 0 aliphatic carbocycles. The third-order valence-corrected chi connectivity index (χ3v) is 2.72. The van der Waals surface area contributed by atoms with Gasteiger partial charge in [-0.15, -0.1) is 0 Å². The fraction of sp³-hybridized carbons (Fsp3) is 0.571. The molecule has 0 saturated heterocycles. The number of aromatic nitrogens is 2. The molecule has 18 heavy (non-hydrogen) atoms. The van der Waals surface area contributed by atoms with Crippen molar-refractivity contribution in [3.8, 4) is 11.8 Å². The normalized spacial score (nSPS) is 9.83. The molecule has 0 bridgehead atoms. The van der Waals surface area contributed by atoms with Gasteiger partial charge in [-0.2, -0.15) is 0 Å². The molecule has 0 aromatic carbocycles. The van der Waals surface area contributed by atoms with E-state index >= 15 is 0 Å². The SMILES string of the molecule is CCCCCCCCC#Cc1cnc(=O)[nH]c1N. The maximum Gasteiger partial charge on any atom is 0.346 e. The number of nitrogen functional groups attached to an aromatic ring is 1. The number of nitrogens with two attached hydrogens (primary N) is 1. The predicted octanol–water partition coefficient (Wildman–Crippen LogP) is 2.45. The average molecular weight is 247 g/mol. The Morgan fingerprint density at radius 1 is 1.28 bits per heavy atom. The van der Waals surface area contributed by atoms with Crippen molar-refractivity contribution >= 4 is 5.82 Å². The Hall–Kier alpha value is -1.76.